The van der Waals surface area contributed by atoms with E-state index in [1.807, 2.05) is 30.3 Å². The fourth-order valence-electron chi connectivity index (χ4n) is 1.42. The fraction of sp³-hybridized carbons (Fsp3) is 0.462. The van der Waals surface area contributed by atoms with Gasteiger partial charge in [0, 0.05) is 13.0 Å². The Morgan fingerprint density at radius 3 is 2.50 bits per heavy atom. The number of carboxylic acid groups (broad SMARTS) is 1. The van der Waals surface area contributed by atoms with Crippen LogP contribution in [0.3, 0.4) is 0 Å². The van der Waals surface area contributed by atoms with Crippen molar-refractivity contribution in [3.05, 3.63) is 35.9 Å². The molecule has 100 valence electrons. The third-order valence-corrected chi connectivity index (χ3v) is 2.45. The third kappa shape index (κ3) is 5.23. The van der Waals surface area contributed by atoms with E-state index in [4.69, 9.17) is 9.84 Å². The molecule has 0 aliphatic carbocycles. The second-order valence-electron chi connectivity index (χ2n) is 4.00. The standard InChI is InChI=1S/C13H16F2O3/c14-13(15,12(16)17)8-4-5-9-18-10-11-6-2-1-3-7-11/h1-3,6-7H,4-5,8-10H2,(H,16,17). The molecule has 0 unspecified atom stereocenters. The van der Waals surface area contributed by atoms with Gasteiger partial charge in [-0.1, -0.05) is 30.3 Å². The van der Waals surface area contributed by atoms with Crippen LogP contribution in [0.25, 0.3) is 0 Å². The molecule has 0 amide bonds. The summed E-state index contributed by atoms with van der Waals surface area (Å²) in [5.41, 5.74) is 1.02. The lowest BCUT2D eigenvalue weighted by molar-refractivity contribution is -0.165. The van der Waals surface area contributed by atoms with E-state index in [1.165, 1.54) is 0 Å². The van der Waals surface area contributed by atoms with Crippen molar-refractivity contribution < 1.29 is 23.4 Å². The molecule has 5 heteroatoms. The summed E-state index contributed by atoms with van der Waals surface area (Å²) >= 11 is 0. The molecule has 0 bridgehead atoms. The molecule has 0 fully saturated rings. The Labute approximate surface area is 104 Å². The summed E-state index contributed by atoms with van der Waals surface area (Å²) in [6.45, 7) is 0.792. The van der Waals surface area contributed by atoms with Gasteiger partial charge in [-0.15, -0.1) is 0 Å². The van der Waals surface area contributed by atoms with E-state index in [2.05, 4.69) is 0 Å². The highest BCUT2D eigenvalue weighted by molar-refractivity contribution is 5.75. The summed E-state index contributed by atoms with van der Waals surface area (Å²) in [6, 6.07) is 9.52. The van der Waals surface area contributed by atoms with Crippen LogP contribution in [0.4, 0.5) is 8.78 Å². The summed E-state index contributed by atoms with van der Waals surface area (Å²) in [5, 5.41) is 8.21. The van der Waals surface area contributed by atoms with Gasteiger partial charge < -0.3 is 9.84 Å². The molecule has 3 nitrogen and oxygen atoms in total. The molecule has 1 aromatic rings. The van der Waals surface area contributed by atoms with Crippen molar-refractivity contribution in [3.8, 4) is 0 Å². The molecule has 0 heterocycles. The lowest BCUT2D eigenvalue weighted by Crippen LogP contribution is -2.27. The number of rotatable bonds is 8. The van der Waals surface area contributed by atoms with Crippen LogP contribution in [0.2, 0.25) is 0 Å². The molecule has 0 spiro atoms. The summed E-state index contributed by atoms with van der Waals surface area (Å²) in [7, 11) is 0. The SMILES string of the molecule is O=C(O)C(F)(F)CCCCOCc1ccccc1. The Hall–Kier alpha value is -1.49. The molecule has 0 saturated heterocycles. The number of carbonyl (C=O) groups is 1. The van der Waals surface area contributed by atoms with Crippen LogP contribution < -0.4 is 0 Å². The molecule has 0 aliphatic heterocycles. The highest BCUT2D eigenvalue weighted by atomic mass is 19.3. The van der Waals surface area contributed by atoms with Crippen molar-refractivity contribution in [1.29, 1.82) is 0 Å². The first-order valence-corrected chi connectivity index (χ1v) is 5.75. The van der Waals surface area contributed by atoms with Crippen LogP contribution in [0.15, 0.2) is 30.3 Å². The molecular formula is C13H16F2O3. The summed E-state index contributed by atoms with van der Waals surface area (Å²) in [4.78, 5) is 10.1. The number of alkyl halides is 2. The molecule has 0 aromatic heterocycles. The summed E-state index contributed by atoms with van der Waals surface area (Å²) in [6.07, 6.45) is -0.0825. The first kappa shape index (κ1) is 14.6. The van der Waals surface area contributed by atoms with Gasteiger partial charge in [0.1, 0.15) is 0 Å². The van der Waals surface area contributed by atoms with Gasteiger partial charge in [0.25, 0.3) is 0 Å². The van der Waals surface area contributed by atoms with Gasteiger partial charge in [0.05, 0.1) is 6.61 Å². The number of ether oxygens (including phenoxy) is 1. The molecule has 0 aliphatic rings. The maximum atomic E-state index is 12.7. The lowest BCUT2D eigenvalue weighted by Gasteiger charge is -2.10. The van der Waals surface area contributed by atoms with E-state index >= 15 is 0 Å². The van der Waals surface area contributed by atoms with Crippen LogP contribution in [-0.2, 0) is 16.1 Å². The van der Waals surface area contributed by atoms with E-state index in [-0.39, 0.29) is 6.42 Å². The molecular weight excluding hydrogens is 242 g/mol. The Kier molecular flexibility index (Phi) is 5.71. The minimum atomic E-state index is -3.63. The van der Waals surface area contributed by atoms with Crippen molar-refractivity contribution in [1.82, 2.24) is 0 Å². The van der Waals surface area contributed by atoms with E-state index in [9.17, 15) is 13.6 Å². The van der Waals surface area contributed by atoms with E-state index in [0.29, 0.717) is 19.6 Å². The van der Waals surface area contributed by atoms with Gasteiger partial charge in [0.2, 0.25) is 0 Å². The number of halogens is 2. The minimum Gasteiger partial charge on any atom is -0.477 e. The van der Waals surface area contributed by atoms with E-state index < -0.39 is 18.3 Å². The number of unbranched alkanes of at least 4 members (excludes halogenated alkanes) is 1. The van der Waals surface area contributed by atoms with Gasteiger partial charge in [-0.3, -0.25) is 0 Å². The zero-order valence-electron chi connectivity index (χ0n) is 9.94. The van der Waals surface area contributed by atoms with E-state index in [0.717, 1.165) is 5.56 Å². The van der Waals surface area contributed by atoms with Crippen LogP contribution in [-0.4, -0.2) is 23.6 Å². The van der Waals surface area contributed by atoms with Gasteiger partial charge in [-0.25, -0.2) is 4.79 Å². The smallest absolute Gasteiger partial charge is 0.374 e. The topological polar surface area (TPSA) is 46.5 Å². The number of benzene rings is 1. The summed E-state index contributed by atoms with van der Waals surface area (Å²) in [5.74, 6) is -5.69. The van der Waals surface area contributed by atoms with Gasteiger partial charge in [0.15, 0.2) is 0 Å². The average molecular weight is 258 g/mol. The predicted octanol–water partition coefficient (Wildman–Crippen LogP) is 3.09. The number of hydrogen-bond acceptors (Lipinski definition) is 2. The predicted molar refractivity (Wildman–Crippen MR) is 62.5 cm³/mol. The van der Waals surface area contributed by atoms with Crippen LogP contribution >= 0.6 is 0 Å². The normalized spacial score (nSPS) is 11.4. The molecule has 18 heavy (non-hydrogen) atoms. The Morgan fingerprint density at radius 2 is 1.89 bits per heavy atom. The molecule has 1 N–H and O–H groups in total. The molecule has 1 rings (SSSR count). The molecule has 1 aromatic carbocycles. The second-order valence-corrected chi connectivity index (χ2v) is 4.00. The molecule has 0 atom stereocenters. The van der Waals surface area contributed by atoms with Crippen molar-refractivity contribution in [3.63, 3.8) is 0 Å². The number of hydrogen-bond donors (Lipinski definition) is 1. The molecule has 0 radical (unpaired) electrons. The van der Waals surface area contributed by atoms with Crippen LogP contribution in [0.5, 0.6) is 0 Å². The van der Waals surface area contributed by atoms with Crippen LogP contribution in [0, 0.1) is 0 Å². The maximum Gasteiger partial charge on any atom is 0.374 e. The monoisotopic (exact) mass is 258 g/mol. The largest absolute Gasteiger partial charge is 0.477 e. The van der Waals surface area contributed by atoms with Crippen molar-refractivity contribution in [2.45, 2.75) is 31.8 Å². The number of carboxylic acids is 1. The Morgan fingerprint density at radius 1 is 1.22 bits per heavy atom. The maximum absolute atomic E-state index is 12.7. The Bertz CT molecular complexity index is 366. The molecule has 0 saturated carbocycles. The van der Waals surface area contributed by atoms with Crippen molar-refractivity contribution >= 4 is 5.97 Å². The quantitative estimate of drug-likeness (QED) is 0.729. The summed E-state index contributed by atoms with van der Waals surface area (Å²) < 4.78 is 30.7. The Balaban J connectivity index is 2.08. The van der Waals surface area contributed by atoms with Gasteiger partial charge >= 0.3 is 11.9 Å². The van der Waals surface area contributed by atoms with Crippen LogP contribution in [0.1, 0.15) is 24.8 Å². The van der Waals surface area contributed by atoms with Crippen molar-refractivity contribution in [2.24, 2.45) is 0 Å². The average Bonchev–Trinajstić information content (AvgIpc) is 2.34. The highest BCUT2D eigenvalue weighted by Crippen LogP contribution is 2.21. The first-order valence-electron chi connectivity index (χ1n) is 5.75. The zero-order valence-corrected chi connectivity index (χ0v) is 9.94. The van der Waals surface area contributed by atoms with Gasteiger partial charge in [-0.2, -0.15) is 8.78 Å². The second kappa shape index (κ2) is 7.06. The van der Waals surface area contributed by atoms with Crippen molar-refractivity contribution in [2.75, 3.05) is 6.61 Å². The fourth-order valence-corrected chi connectivity index (χ4v) is 1.42. The first-order chi connectivity index (χ1) is 8.52. The zero-order chi connectivity index (χ0) is 13.4. The number of aliphatic carboxylic acids is 1. The highest BCUT2D eigenvalue weighted by Gasteiger charge is 2.37. The van der Waals surface area contributed by atoms with E-state index in [1.54, 1.807) is 0 Å². The third-order valence-electron chi connectivity index (χ3n) is 2.45. The minimum absolute atomic E-state index is 0.133. The van der Waals surface area contributed by atoms with Gasteiger partial charge in [-0.05, 0) is 18.4 Å². The lowest BCUT2D eigenvalue weighted by atomic mass is 10.1.